The Labute approximate surface area is 248 Å². The normalized spacial score (nSPS) is 12.5. The number of amides is 2. The molecule has 0 saturated heterocycles. The second kappa shape index (κ2) is 9.55. The van der Waals surface area contributed by atoms with Crippen LogP contribution in [-0.4, -0.2) is 16.4 Å². The van der Waals surface area contributed by atoms with Crippen molar-refractivity contribution in [2.45, 2.75) is 20.8 Å². The van der Waals surface area contributed by atoms with E-state index in [-0.39, 0.29) is 11.8 Å². The molecule has 0 saturated carbocycles. The number of rotatable bonds is 3. The first-order valence-electron chi connectivity index (χ1n) is 13.8. The van der Waals surface area contributed by atoms with Gasteiger partial charge < -0.3 is 4.57 Å². The van der Waals surface area contributed by atoms with E-state index >= 15 is 0 Å². The minimum Gasteiger partial charge on any atom is -0.308 e. The molecule has 6 aromatic rings. The largest absolute Gasteiger partial charge is 0.308 e. The van der Waals surface area contributed by atoms with Crippen LogP contribution in [0.15, 0.2) is 91.0 Å². The van der Waals surface area contributed by atoms with Crippen LogP contribution in [0.4, 0.5) is 17.1 Å². The molecule has 0 bridgehead atoms. The van der Waals surface area contributed by atoms with E-state index in [4.69, 9.17) is 13.1 Å². The van der Waals surface area contributed by atoms with Crippen molar-refractivity contribution in [2.24, 2.45) is 0 Å². The van der Waals surface area contributed by atoms with Crippen molar-refractivity contribution >= 4 is 50.7 Å². The van der Waals surface area contributed by atoms with E-state index in [9.17, 15) is 9.59 Å². The zero-order valence-electron chi connectivity index (χ0n) is 23.8. The molecular formula is C37H24N4O2. The van der Waals surface area contributed by atoms with Gasteiger partial charge in [-0.15, -0.1) is 0 Å². The maximum absolute atomic E-state index is 14.3. The van der Waals surface area contributed by atoms with Crippen LogP contribution < -0.4 is 4.90 Å². The van der Waals surface area contributed by atoms with Crippen LogP contribution >= 0.6 is 0 Å². The molecule has 0 atom stereocenters. The summed E-state index contributed by atoms with van der Waals surface area (Å²) in [7, 11) is 0. The van der Waals surface area contributed by atoms with Crippen molar-refractivity contribution in [3.63, 3.8) is 0 Å². The molecule has 0 radical (unpaired) electrons. The van der Waals surface area contributed by atoms with Crippen LogP contribution in [0.5, 0.6) is 0 Å². The molecule has 7 rings (SSSR count). The molecule has 2 heterocycles. The molecule has 5 aromatic carbocycles. The van der Waals surface area contributed by atoms with Gasteiger partial charge in [0.15, 0.2) is 11.4 Å². The van der Waals surface area contributed by atoms with E-state index in [1.165, 1.54) is 4.90 Å². The number of benzene rings is 5. The number of imide groups is 1. The highest BCUT2D eigenvalue weighted by Crippen LogP contribution is 2.41. The molecule has 1 aliphatic rings. The predicted molar refractivity (Wildman–Crippen MR) is 171 cm³/mol. The molecule has 0 aliphatic carbocycles. The Morgan fingerprint density at radius 1 is 0.628 bits per heavy atom. The zero-order valence-corrected chi connectivity index (χ0v) is 23.8. The quantitative estimate of drug-likeness (QED) is 0.161. The Balaban J connectivity index is 1.49. The zero-order chi connectivity index (χ0) is 30.0. The fourth-order valence-corrected chi connectivity index (χ4v) is 6.48. The first-order chi connectivity index (χ1) is 20.8. The number of para-hydroxylation sites is 1. The number of aromatic nitrogens is 1. The number of carbonyl (C=O) groups is 2. The summed E-state index contributed by atoms with van der Waals surface area (Å²) in [5.74, 6) is -0.680. The second-order valence-electron chi connectivity index (χ2n) is 10.9. The van der Waals surface area contributed by atoms with Crippen molar-refractivity contribution in [1.29, 1.82) is 0 Å². The number of nitrogens with zero attached hydrogens (tertiary/aromatic N) is 4. The first kappa shape index (κ1) is 26.0. The highest BCUT2D eigenvalue weighted by molar-refractivity contribution is 6.36. The number of anilines is 1. The molecule has 0 spiro atoms. The van der Waals surface area contributed by atoms with Crippen molar-refractivity contribution in [3.05, 3.63) is 142 Å². The molecule has 204 valence electrons. The molecule has 43 heavy (non-hydrogen) atoms. The van der Waals surface area contributed by atoms with E-state index in [0.717, 1.165) is 49.6 Å². The molecule has 0 fully saturated rings. The minimum absolute atomic E-state index is 0.332. The van der Waals surface area contributed by atoms with E-state index < -0.39 is 0 Å². The molecule has 6 nitrogen and oxygen atoms in total. The summed E-state index contributed by atoms with van der Waals surface area (Å²) in [6.07, 6.45) is 0. The highest BCUT2D eigenvalue weighted by atomic mass is 16.2. The maximum atomic E-state index is 14.3. The molecular weight excluding hydrogens is 532 g/mol. The lowest BCUT2D eigenvalue weighted by Crippen LogP contribution is -2.31. The molecule has 2 amide bonds. The molecule has 1 aliphatic heterocycles. The number of fused-ring (bicyclic) bond motifs is 4. The molecule has 1 aromatic heterocycles. The van der Waals surface area contributed by atoms with Gasteiger partial charge in [-0.3, -0.25) is 9.59 Å². The Morgan fingerprint density at radius 3 is 2.00 bits per heavy atom. The first-order valence-corrected chi connectivity index (χ1v) is 13.8. The van der Waals surface area contributed by atoms with Gasteiger partial charge in [0, 0.05) is 10.8 Å². The van der Waals surface area contributed by atoms with Crippen LogP contribution in [0.3, 0.4) is 0 Å². The van der Waals surface area contributed by atoms with Gasteiger partial charge in [-0.05, 0) is 67.3 Å². The van der Waals surface area contributed by atoms with E-state index in [1.807, 2.05) is 92.1 Å². The third-order valence-corrected chi connectivity index (χ3v) is 8.16. The monoisotopic (exact) mass is 556 g/mol. The third-order valence-electron chi connectivity index (χ3n) is 8.16. The third kappa shape index (κ3) is 3.85. The Kier molecular flexibility index (Phi) is 5.76. The molecule has 0 N–H and O–H groups in total. The second-order valence-corrected chi connectivity index (χ2v) is 10.9. The van der Waals surface area contributed by atoms with E-state index in [0.29, 0.717) is 33.9 Å². The van der Waals surface area contributed by atoms with E-state index in [1.54, 1.807) is 24.3 Å². The lowest BCUT2D eigenvalue weighted by atomic mass is 10.0. The lowest BCUT2D eigenvalue weighted by Gasteiger charge is -2.20. The number of hydrogen-bond donors (Lipinski definition) is 0. The van der Waals surface area contributed by atoms with E-state index in [2.05, 4.69) is 9.69 Å². The van der Waals surface area contributed by atoms with Gasteiger partial charge in [0.05, 0.1) is 46.7 Å². The highest BCUT2D eigenvalue weighted by Gasteiger charge is 2.40. The number of aryl methyl sites for hydroxylation is 3. The van der Waals surface area contributed by atoms with Crippen molar-refractivity contribution < 1.29 is 9.59 Å². The average Bonchev–Trinajstić information content (AvgIpc) is 3.47. The topological polar surface area (TPSA) is 51.0 Å². The van der Waals surface area contributed by atoms with Crippen molar-refractivity contribution in [3.8, 4) is 16.8 Å². The lowest BCUT2D eigenvalue weighted by molar-refractivity contribution is 0.0925. The molecule has 0 unspecified atom stereocenters. The van der Waals surface area contributed by atoms with Gasteiger partial charge in [-0.1, -0.05) is 72.3 Å². The smallest absolute Gasteiger partial charge is 0.268 e. The van der Waals surface area contributed by atoms with Crippen molar-refractivity contribution in [2.75, 3.05) is 4.90 Å². The standard InChI is InChI=1S/C37H24N4O2/c1-21-15-22(2)35(23(3)16-21)41-36(42)30-10-8-12-32(34(30)37(41)43)40-31-11-7-6-9-28(31)29-14-13-24(19-33(29)40)25-17-26(38-4)20-27(18-25)39-5/h6-20H,1-3H3. The summed E-state index contributed by atoms with van der Waals surface area (Å²) in [5.41, 5.74) is 8.96. The molecule has 6 heteroatoms. The van der Waals surface area contributed by atoms with Gasteiger partial charge in [0.1, 0.15) is 0 Å². The fourth-order valence-electron chi connectivity index (χ4n) is 6.48. The number of hydrogen-bond acceptors (Lipinski definition) is 2. The summed E-state index contributed by atoms with van der Waals surface area (Å²) in [6.45, 7) is 20.9. The predicted octanol–water partition coefficient (Wildman–Crippen LogP) is 9.28. The summed E-state index contributed by atoms with van der Waals surface area (Å²) < 4.78 is 2.05. The van der Waals surface area contributed by atoms with Crippen LogP contribution in [-0.2, 0) is 0 Å². The van der Waals surface area contributed by atoms with Crippen molar-refractivity contribution in [1.82, 2.24) is 4.57 Å². The van der Waals surface area contributed by atoms with Crippen LogP contribution in [0.2, 0.25) is 0 Å². The summed E-state index contributed by atoms with van der Waals surface area (Å²) >= 11 is 0. The van der Waals surface area contributed by atoms with Gasteiger partial charge in [0.2, 0.25) is 0 Å². The Bertz CT molecular complexity index is 2240. The summed E-state index contributed by atoms with van der Waals surface area (Å²) in [6, 6.07) is 28.6. The summed E-state index contributed by atoms with van der Waals surface area (Å²) in [5, 5.41) is 2.00. The number of carbonyl (C=O) groups excluding carboxylic acids is 2. The van der Waals surface area contributed by atoms with Crippen LogP contribution in [0.1, 0.15) is 37.4 Å². The van der Waals surface area contributed by atoms with Crippen LogP contribution in [0, 0.1) is 33.9 Å². The summed E-state index contributed by atoms with van der Waals surface area (Å²) in [4.78, 5) is 36.5. The van der Waals surface area contributed by atoms with Gasteiger partial charge in [0.25, 0.3) is 11.8 Å². The minimum atomic E-state index is -0.348. The average molecular weight is 557 g/mol. The Hall–Kier alpha value is -5.98. The fraction of sp³-hybridized carbons (Fsp3) is 0.0811. The SMILES string of the molecule is [C-]#[N+]c1cc([N+]#[C-])cc(-c2ccc3c4ccccc4n(-c4cccc5c4C(=O)N(c4c(C)cc(C)cc4C)C5=O)c3c2)c1. The van der Waals surface area contributed by atoms with Crippen LogP contribution in [0.25, 0.3) is 48.3 Å². The maximum Gasteiger partial charge on any atom is 0.268 e. The Morgan fingerprint density at radius 2 is 1.30 bits per heavy atom. The van der Waals surface area contributed by atoms with Gasteiger partial charge in [-0.2, -0.15) is 0 Å². The van der Waals surface area contributed by atoms with Gasteiger partial charge in [-0.25, -0.2) is 14.6 Å². The van der Waals surface area contributed by atoms with Gasteiger partial charge >= 0.3 is 0 Å².